The standard InChI is InChI=1S/C12H18N2O4/c1-2-6-13-12(17)14-7-3-10(4-8-14)18-9-5-11(15)16/h1,10H,3-9H2,(H,13,17)(H,15,16). The number of rotatable bonds is 5. The van der Waals surface area contributed by atoms with E-state index in [1.807, 2.05) is 0 Å². The first-order valence-corrected chi connectivity index (χ1v) is 5.93. The molecule has 0 unspecified atom stereocenters. The lowest BCUT2D eigenvalue weighted by molar-refractivity contribution is -0.138. The van der Waals surface area contributed by atoms with Gasteiger partial charge in [-0.1, -0.05) is 5.92 Å². The second-order valence-electron chi connectivity index (χ2n) is 4.06. The van der Waals surface area contributed by atoms with Gasteiger partial charge in [0.1, 0.15) is 0 Å². The SMILES string of the molecule is C#CCNC(=O)N1CCC(OCCC(=O)O)CC1. The molecule has 0 aliphatic carbocycles. The minimum Gasteiger partial charge on any atom is -0.481 e. The maximum atomic E-state index is 11.6. The molecule has 0 bridgehead atoms. The van der Waals surface area contributed by atoms with Crippen LogP contribution in [0.1, 0.15) is 19.3 Å². The normalized spacial score (nSPS) is 16.1. The largest absolute Gasteiger partial charge is 0.481 e. The molecule has 0 radical (unpaired) electrons. The molecule has 1 aliphatic rings. The number of urea groups is 1. The van der Waals surface area contributed by atoms with Gasteiger partial charge >= 0.3 is 12.0 Å². The zero-order valence-electron chi connectivity index (χ0n) is 10.2. The Hall–Kier alpha value is -1.74. The molecule has 2 amide bonds. The molecular formula is C12H18N2O4. The van der Waals surface area contributed by atoms with Gasteiger partial charge in [0, 0.05) is 13.1 Å². The Morgan fingerprint density at radius 1 is 1.44 bits per heavy atom. The molecule has 1 heterocycles. The van der Waals surface area contributed by atoms with Crippen LogP contribution in [0.15, 0.2) is 0 Å². The first kappa shape index (κ1) is 14.3. The topological polar surface area (TPSA) is 78.9 Å². The molecule has 1 rings (SSSR count). The first-order valence-electron chi connectivity index (χ1n) is 5.93. The summed E-state index contributed by atoms with van der Waals surface area (Å²) in [6.07, 6.45) is 6.57. The molecule has 0 aromatic heterocycles. The highest BCUT2D eigenvalue weighted by atomic mass is 16.5. The van der Waals surface area contributed by atoms with Gasteiger partial charge in [-0.15, -0.1) is 6.42 Å². The van der Waals surface area contributed by atoms with E-state index in [0.717, 1.165) is 12.8 Å². The number of nitrogens with zero attached hydrogens (tertiary/aromatic N) is 1. The summed E-state index contributed by atoms with van der Waals surface area (Å²) in [4.78, 5) is 23.6. The summed E-state index contributed by atoms with van der Waals surface area (Å²) in [7, 11) is 0. The maximum Gasteiger partial charge on any atom is 0.318 e. The molecule has 100 valence electrons. The van der Waals surface area contributed by atoms with E-state index in [-0.39, 0.29) is 31.7 Å². The Bertz CT molecular complexity index is 329. The van der Waals surface area contributed by atoms with Gasteiger partial charge in [0.25, 0.3) is 0 Å². The van der Waals surface area contributed by atoms with Crippen LogP contribution < -0.4 is 5.32 Å². The number of piperidine rings is 1. The van der Waals surface area contributed by atoms with Gasteiger partial charge in [-0.2, -0.15) is 0 Å². The first-order chi connectivity index (χ1) is 8.63. The van der Waals surface area contributed by atoms with Crippen molar-refractivity contribution >= 4 is 12.0 Å². The molecule has 6 nitrogen and oxygen atoms in total. The number of nitrogens with one attached hydrogen (secondary N) is 1. The quantitative estimate of drug-likeness (QED) is 0.691. The number of carboxylic acid groups (broad SMARTS) is 1. The van der Waals surface area contributed by atoms with Crippen molar-refractivity contribution in [3.63, 3.8) is 0 Å². The minimum atomic E-state index is -0.860. The van der Waals surface area contributed by atoms with Crippen LogP contribution in [-0.4, -0.2) is 54.4 Å². The molecular weight excluding hydrogens is 236 g/mol. The molecule has 0 atom stereocenters. The van der Waals surface area contributed by atoms with Crippen LogP contribution in [0.3, 0.4) is 0 Å². The monoisotopic (exact) mass is 254 g/mol. The van der Waals surface area contributed by atoms with Crippen LogP contribution in [-0.2, 0) is 9.53 Å². The van der Waals surface area contributed by atoms with E-state index in [0.29, 0.717) is 13.1 Å². The second kappa shape index (κ2) is 7.56. The number of carbonyl (C=O) groups excluding carboxylic acids is 1. The Morgan fingerprint density at radius 3 is 2.67 bits per heavy atom. The third-order valence-corrected chi connectivity index (χ3v) is 2.74. The van der Waals surface area contributed by atoms with E-state index in [2.05, 4.69) is 11.2 Å². The van der Waals surface area contributed by atoms with Crippen molar-refractivity contribution in [3.05, 3.63) is 0 Å². The van der Waals surface area contributed by atoms with Crippen molar-refractivity contribution < 1.29 is 19.4 Å². The van der Waals surface area contributed by atoms with Crippen LogP contribution in [0.5, 0.6) is 0 Å². The third kappa shape index (κ3) is 5.06. The van der Waals surface area contributed by atoms with Gasteiger partial charge in [0.15, 0.2) is 0 Å². The Balaban J connectivity index is 2.18. The number of hydrogen-bond donors (Lipinski definition) is 2. The minimum absolute atomic E-state index is 0.0167. The van der Waals surface area contributed by atoms with Crippen LogP contribution in [0.4, 0.5) is 4.79 Å². The van der Waals surface area contributed by atoms with Gasteiger partial charge in [-0.05, 0) is 12.8 Å². The molecule has 6 heteroatoms. The highest BCUT2D eigenvalue weighted by molar-refractivity contribution is 5.74. The fourth-order valence-electron chi connectivity index (χ4n) is 1.78. The molecule has 2 N–H and O–H groups in total. The predicted octanol–water partition coefficient (Wildman–Crippen LogP) is 0.285. The summed E-state index contributed by atoms with van der Waals surface area (Å²) < 4.78 is 5.43. The van der Waals surface area contributed by atoms with E-state index < -0.39 is 5.97 Å². The number of carbonyl (C=O) groups is 2. The number of terminal acetylenes is 1. The van der Waals surface area contributed by atoms with Crippen LogP contribution >= 0.6 is 0 Å². The number of carboxylic acids is 1. The molecule has 1 fully saturated rings. The molecule has 0 aromatic carbocycles. The Kier molecular flexibility index (Phi) is 6.01. The van der Waals surface area contributed by atoms with Gasteiger partial charge in [0.2, 0.25) is 0 Å². The zero-order chi connectivity index (χ0) is 13.4. The third-order valence-electron chi connectivity index (χ3n) is 2.74. The van der Waals surface area contributed by atoms with E-state index >= 15 is 0 Å². The average Bonchev–Trinajstić information content (AvgIpc) is 2.36. The molecule has 0 aromatic rings. The van der Waals surface area contributed by atoms with Gasteiger partial charge in [-0.25, -0.2) is 4.79 Å². The lowest BCUT2D eigenvalue weighted by atomic mass is 10.1. The van der Waals surface area contributed by atoms with Gasteiger partial charge in [-0.3, -0.25) is 4.79 Å². The van der Waals surface area contributed by atoms with E-state index in [4.69, 9.17) is 16.3 Å². The van der Waals surface area contributed by atoms with E-state index in [1.54, 1.807) is 4.90 Å². The Morgan fingerprint density at radius 2 is 2.11 bits per heavy atom. The summed E-state index contributed by atoms with van der Waals surface area (Å²) >= 11 is 0. The van der Waals surface area contributed by atoms with Crippen LogP contribution in [0.2, 0.25) is 0 Å². The molecule has 1 aliphatic heterocycles. The number of ether oxygens (including phenoxy) is 1. The summed E-state index contributed by atoms with van der Waals surface area (Å²) in [5.41, 5.74) is 0. The van der Waals surface area contributed by atoms with Crippen LogP contribution in [0, 0.1) is 12.3 Å². The number of hydrogen-bond acceptors (Lipinski definition) is 3. The molecule has 0 spiro atoms. The van der Waals surface area contributed by atoms with Crippen LogP contribution in [0.25, 0.3) is 0 Å². The zero-order valence-corrected chi connectivity index (χ0v) is 10.2. The fraction of sp³-hybridized carbons (Fsp3) is 0.667. The number of aliphatic carboxylic acids is 1. The van der Waals surface area contributed by atoms with Crippen molar-refractivity contribution in [1.29, 1.82) is 0 Å². The Labute approximate surface area is 106 Å². The van der Waals surface area contributed by atoms with Crippen molar-refractivity contribution in [2.75, 3.05) is 26.2 Å². The van der Waals surface area contributed by atoms with Gasteiger partial charge < -0.3 is 20.1 Å². The van der Waals surface area contributed by atoms with E-state index in [9.17, 15) is 9.59 Å². The summed E-state index contributed by atoms with van der Waals surface area (Å²) in [5.74, 6) is 1.49. The van der Waals surface area contributed by atoms with E-state index in [1.165, 1.54) is 0 Å². The smallest absolute Gasteiger partial charge is 0.318 e. The highest BCUT2D eigenvalue weighted by Crippen LogP contribution is 2.13. The predicted molar refractivity (Wildman–Crippen MR) is 65.0 cm³/mol. The highest BCUT2D eigenvalue weighted by Gasteiger charge is 2.22. The molecule has 0 saturated carbocycles. The number of amides is 2. The molecule has 18 heavy (non-hydrogen) atoms. The molecule has 1 saturated heterocycles. The van der Waals surface area contributed by atoms with Crippen molar-refractivity contribution in [1.82, 2.24) is 10.2 Å². The average molecular weight is 254 g/mol. The lowest BCUT2D eigenvalue weighted by Crippen LogP contribution is -2.46. The van der Waals surface area contributed by atoms with Crippen molar-refractivity contribution in [2.45, 2.75) is 25.4 Å². The summed E-state index contributed by atoms with van der Waals surface area (Å²) in [5, 5.41) is 11.1. The summed E-state index contributed by atoms with van der Waals surface area (Å²) in [6, 6.07) is -0.156. The fourth-order valence-corrected chi connectivity index (χ4v) is 1.78. The van der Waals surface area contributed by atoms with Crippen molar-refractivity contribution in [2.24, 2.45) is 0 Å². The van der Waals surface area contributed by atoms with Gasteiger partial charge in [0.05, 0.1) is 25.7 Å². The second-order valence-corrected chi connectivity index (χ2v) is 4.06. The number of likely N-dealkylation sites (tertiary alicyclic amines) is 1. The van der Waals surface area contributed by atoms with Crippen molar-refractivity contribution in [3.8, 4) is 12.3 Å². The maximum absolute atomic E-state index is 11.6. The summed E-state index contributed by atoms with van der Waals surface area (Å²) in [6.45, 7) is 1.67. The lowest BCUT2D eigenvalue weighted by Gasteiger charge is -2.31.